The Morgan fingerprint density at radius 3 is 2.30 bits per heavy atom. The van der Waals surface area contributed by atoms with Crippen molar-refractivity contribution in [3.8, 4) is 0 Å². The first-order valence-electron chi connectivity index (χ1n) is 12.4. The maximum atomic E-state index is 2.73. The standard InChI is InChI=1S/C30H36N2S/c1-31(22-25-10-4-2-5-11-25)23-27(26-12-6-3-7-13-26)16-19-32-20-17-30(18-21-32)24-33-29-15-9-8-14-28(29)30/h2-15,27H,16-24H2,1H3/t27-/m0/s1. The fourth-order valence-corrected chi connectivity index (χ4v) is 7.20. The molecule has 3 aromatic carbocycles. The molecule has 0 aliphatic carbocycles. The topological polar surface area (TPSA) is 6.48 Å². The van der Waals surface area contributed by atoms with Crippen molar-refractivity contribution in [2.75, 3.05) is 39.0 Å². The van der Waals surface area contributed by atoms with Gasteiger partial charge in [-0.25, -0.2) is 0 Å². The highest BCUT2D eigenvalue weighted by Crippen LogP contribution is 2.49. The van der Waals surface area contributed by atoms with E-state index in [1.165, 1.54) is 60.7 Å². The van der Waals surface area contributed by atoms with Crippen molar-refractivity contribution in [3.05, 3.63) is 102 Å². The molecule has 2 aliphatic heterocycles. The lowest BCUT2D eigenvalue weighted by atomic mass is 9.74. The predicted octanol–water partition coefficient (Wildman–Crippen LogP) is 6.43. The zero-order valence-corrected chi connectivity index (χ0v) is 20.6. The lowest BCUT2D eigenvalue weighted by Gasteiger charge is -2.40. The lowest BCUT2D eigenvalue weighted by molar-refractivity contribution is 0.163. The van der Waals surface area contributed by atoms with Crippen LogP contribution in [-0.2, 0) is 12.0 Å². The van der Waals surface area contributed by atoms with Crippen LogP contribution in [0.1, 0.15) is 41.9 Å². The minimum atomic E-state index is 0.423. The third kappa shape index (κ3) is 5.37. The normalized spacial score (nSPS) is 18.5. The maximum absolute atomic E-state index is 2.73. The second kappa shape index (κ2) is 10.5. The van der Waals surface area contributed by atoms with Gasteiger partial charge in [-0.3, -0.25) is 0 Å². The number of benzene rings is 3. The third-order valence-corrected chi connectivity index (χ3v) is 9.03. The van der Waals surface area contributed by atoms with Gasteiger partial charge in [-0.15, -0.1) is 11.8 Å². The van der Waals surface area contributed by atoms with Gasteiger partial charge in [0, 0.05) is 29.2 Å². The second-order valence-electron chi connectivity index (χ2n) is 9.99. The number of piperidine rings is 1. The highest BCUT2D eigenvalue weighted by atomic mass is 32.2. The van der Waals surface area contributed by atoms with E-state index in [4.69, 9.17) is 0 Å². The van der Waals surface area contributed by atoms with E-state index in [1.54, 1.807) is 5.56 Å². The van der Waals surface area contributed by atoms with Crippen molar-refractivity contribution < 1.29 is 0 Å². The summed E-state index contributed by atoms with van der Waals surface area (Å²) in [6.45, 7) is 5.77. The van der Waals surface area contributed by atoms with Gasteiger partial charge in [-0.1, -0.05) is 78.9 Å². The van der Waals surface area contributed by atoms with E-state index in [0.29, 0.717) is 11.3 Å². The van der Waals surface area contributed by atoms with Gasteiger partial charge in [0.15, 0.2) is 0 Å². The Hall–Kier alpha value is -2.07. The van der Waals surface area contributed by atoms with E-state index in [1.807, 2.05) is 0 Å². The summed E-state index contributed by atoms with van der Waals surface area (Å²) >= 11 is 2.07. The number of hydrogen-bond acceptors (Lipinski definition) is 3. The Balaban J connectivity index is 1.19. The van der Waals surface area contributed by atoms with Crippen molar-refractivity contribution in [1.82, 2.24) is 9.80 Å². The summed E-state index contributed by atoms with van der Waals surface area (Å²) in [6.07, 6.45) is 3.84. The number of rotatable bonds is 8. The molecule has 3 heteroatoms. The molecule has 1 atom stereocenters. The molecule has 2 nitrogen and oxygen atoms in total. The van der Waals surface area contributed by atoms with E-state index < -0.39 is 0 Å². The smallest absolute Gasteiger partial charge is 0.0230 e. The van der Waals surface area contributed by atoms with Gasteiger partial charge in [-0.2, -0.15) is 0 Å². The zero-order chi connectivity index (χ0) is 22.5. The average Bonchev–Trinajstić information content (AvgIpc) is 3.22. The number of likely N-dealkylation sites (N-methyl/N-ethyl adjacent to an activating group) is 1. The molecule has 0 N–H and O–H groups in total. The van der Waals surface area contributed by atoms with E-state index in [2.05, 4.69) is 114 Å². The first-order chi connectivity index (χ1) is 16.2. The van der Waals surface area contributed by atoms with Crippen LogP contribution in [0.4, 0.5) is 0 Å². The first kappa shape index (κ1) is 22.7. The Morgan fingerprint density at radius 2 is 1.55 bits per heavy atom. The summed E-state index contributed by atoms with van der Waals surface area (Å²) < 4.78 is 0. The molecule has 1 spiro atoms. The van der Waals surface area contributed by atoms with Crippen molar-refractivity contribution in [2.45, 2.75) is 42.0 Å². The van der Waals surface area contributed by atoms with E-state index in [-0.39, 0.29) is 0 Å². The van der Waals surface area contributed by atoms with Gasteiger partial charge >= 0.3 is 0 Å². The number of likely N-dealkylation sites (tertiary alicyclic amines) is 1. The van der Waals surface area contributed by atoms with Gasteiger partial charge in [0.1, 0.15) is 0 Å². The number of hydrogen-bond donors (Lipinski definition) is 0. The third-order valence-electron chi connectivity index (χ3n) is 7.67. The molecule has 33 heavy (non-hydrogen) atoms. The van der Waals surface area contributed by atoms with E-state index >= 15 is 0 Å². The predicted molar refractivity (Wildman–Crippen MR) is 141 cm³/mol. The molecular formula is C30H36N2S. The molecule has 0 saturated carbocycles. The summed E-state index contributed by atoms with van der Waals surface area (Å²) in [4.78, 5) is 6.74. The lowest BCUT2D eigenvalue weighted by Crippen LogP contribution is -2.43. The molecule has 3 aromatic rings. The van der Waals surface area contributed by atoms with Gasteiger partial charge in [0.25, 0.3) is 0 Å². The van der Waals surface area contributed by atoms with Crippen LogP contribution < -0.4 is 0 Å². The molecule has 172 valence electrons. The molecule has 0 aromatic heterocycles. The van der Waals surface area contributed by atoms with Crippen molar-refractivity contribution in [1.29, 1.82) is 0 Å². The largest absolute Gasteiger partial charge is 0.303 e. The van der Waals surface area contributed by atoms with Crippen LogP contribution in [-0.4, -0.2) is 48.8 Å². The fraction of sp³-hybridized carbons (Fsp3) is 0.400. The van der Waals surface area contributed by atoms with Gasteiger partial charge in [0.05, 0.1) is 0 Å². The molecule has 2 heterocycles. The van der Waals surface area contributed by atoms with Crippen LogP contribution in [0.25, 0.3) is 0 Å². The van der Waals surface area contributed by atoms with Crippen LogP contribution in [0, 0.1) is 0 Å². The maximum Gasteiger partial charge on any atom is 0.0230 e. The molecule has 5 rings (SSSR count). The Labute approximate surface area is 204 Å². The highest BCUT2D eigenvalue weighted by molar-refractivity contribution is 7.99. The average molecular weight is 457 g/mol. The summed E-state index contributed by atoms with van der Waals surface area (Å²) in [7, 11) is 2.27. The molecule has 0 amide bonds. The summed E-state index contributed by atoms with van der Waals surface area (Å²) in [5, 5.41) is 0. The van der Waals surface area contributed by atoms with Gasteiger partial charge in [-0.05, 0) is 74.6 Å². The van der Waals surface area contributed by atoms with Crippen LogP contribution in [0.5, 0.6) is 0 Å². The van der Waals surface area contributed by atoms with Crippen LogP contribution >= 0.6 is 11.8 Å². The number of thioether (sulfide) groups is 1. The SMILES string of the molecule is CN(Cc1ccccc1)C[C@H](CCN1CCC2(CC1)CSc1ccccc12)c1ccccc1. The van der Waals surface area contributed by atoms with E-state index in [9.17, 15) is 0 Å². The Morgan fingerprint density at radius 1 is 0.879 bits per heavy atom. The first-order valence-corrected chi connectivity index (χ1v) is 13.4. The Kier molecular flexibility index (Phi) is 7.20. The van der Waals surface area contributed by atoms with E-state index in [0.717, 1.165) is 13.1 Å². The number of nitrogens with zero attached hydrogens (tertiary/aromatic N) is 2. The van der Waals surface area contributed by atoms with Crippen molar-refractivity contribution in [2.24, 2.45) is 0 Å². The van der Waals surface area contributed by atoms with Crippen molar-refractivity contribution in [3.63, 3.8) is 0 Å². The summed E-state index contributed by atoms with van der Waals surface area (Å²) in [5.74, 6) is 1.84. The molecule has 1 saturated heterocycles. The van der Waals surface area contributed by atoms with Gasteiger partial charge < -0.3 is 9.80 Å². The molecule has 1 fully saturated rings. The van der Waals surface area contributed by atoms with Gasteiger partial charge in [0.2, 0.25) is 0 Å². The Bertz CT molecular complexity index is 1010. The monoisotopic (exact) mass is 456 g/mol. The van der Waals surface area contributed by atoms with Crippen molar-refractivity contribution >= 4 is 11.8 Å². The zero-order valence-electron chi connectivity index (χ0n) is 19.8. The summed E-state index contributed by atoms with van der Waals surface area (Å²) in [6, 6.07) is 31.1. The minimum Gasteiger partial charge on any atom is -0.303 e. The molecule has 2 aliphatic rings. The van der Waals surface area contributed by atoms with Crippen LogP contribution in [0.2, 0.25) is 0 Å². The molecule has 0 bridgehead atoms. The van der Waals surface area contributed by atoms with Crippen LogP contribution in [0.3, 0.4) is 0 Å². The quantitative estimate of drug-likeness (QED) is 0.385. The van der Waals surface area contributed by atoms with Crippen LogP contribution in [0.15, 0.2) is 89.8 Å². The second-order valence-corrected chi connectivity index (χ2v) is 11.0. The highest BCUT2D eigenvalue weighted by Gasteiger charge is 2.41. The molecule has 0 unspecified atom stereocenters. The minimum absolute atomic E-state index is 0.423. The summed E-state index contributed by atoms with van der Waals surface area (Å²) in [5.41, 5.74) is 4.92. The fourth-order valence-electron chi connectivity index (χ4n) is 5.71. The molecular weight excluding hydrogens is 420 g/mol. The molecule has 0 radical (unpaired) electrons. The number of fused-ring (bicyclic) bond motifs is 2.